The van der Waals surface area contributed by atoms with Crippen molar-refractivity contribution >= 4 is 11.8 Å². The Labute approximate surface area is 103 Å². The van der Waals surface area contributed by atoms with Gasteiger partial charge in [-0.05, 0) is 17.5 Å². The minimum absolute atomic E-state index is 0.557. The summed E-state index contributed by atoms with van der Waals surface area (Å²) in [6.07, 6.45) is 3.91. The number of rotatable bonds is 6. The van der Waals surface area contributed by atoms with Crippen LogP contribution in [0.5, 0.6) is 0 Å². The molecule has 3 heteroatoms. The van der Waals surface area contributed by atoms with Crippen molar-refractivity contribution in [2.75, 3.05) is 12.3 Å². The molecule has 0 radical (unpaired) electrons. The van der Waals surface area contributed by atoms with E-state index in [9.17, 15) is 0 Å². The predicted octanol–water partition coefficient (Wildman–Crippen LogP) is 3.30. The quantitative estimate of drug-likeness (QED) is 0.608. The summed E-state index contributed by atoms with van der Waals surface area (Å²) in [4.78, 5) is 5.55. The molecule has 0 fully saturated rings. The Balaban J connectivity index is 2.39. The maximum atomic E-state index is 4.28. The Morgan fingerprint density at radius 2 is 2.00 bits per heavy atom. The van der Waals surface area contributed by atoms with E-state index in [0.29, 0.717) is 12.0 Å². The van der Waals surface area contributed by atoms with Gasteiger partial charge >= 0.3 is 0 Å². The SMILES string of the molecule is CC(C)NCCSc1cncc(C(C)C)c1. The second-order valence-electron chi connectivity index (χ2n) is 4.57. The molecule has 1 N–H and O–H groups in total. The largest absolute Gasteiger partial charge is 0.314 e. The van der Waals surface area contributed by atoms with Crippen molar-refractivity contribution in [3.8, 4) is 0 Å². The van der Waals surface area contributed by atoms with E-state index in [2.05, 4.69) is 44.1 Å². The summed E-state index contributed by atoms with van der Waals surface area (Å²) >= 11 is 1.87. The maximum Gasteiger partial charge on any atom is 0.0404 e. The van der Waals surface area contributed by atoms with Crippen LogP contribution < -0.4 is 5.32 Å². The van der Waals surface area contributed by atoms with Crippen molar-refractivity contribution in [1.29, 1.82) is 0 Å². The summed E-state index contributed by atoms with van der Waals surface area (Å²) in [7, 11) is 0. The Bertz CT molecular complexity index is 311. The molecule has 0 aliphatic carbocycles. The van der Waals surface area contributed by atoms with Crippen LogP contribution in [0.15, 0.2) is 23.4 Å². The first kappa shape index (κ1) is 13.5. The van der Waals surface area contributed by atoms with Crippen molar-refractivity contribution in [3.05, 3.63) is 24.0 Å². The lowest BCUT2D eigenvalue weighted by atomic mass is 10.1. The van der Waals surface area contributed by atoms with Gasteiger partial charge in [0.2, 0.25) is 0 Å². The van der Waals surface area contributed by atoms with Crippen molar-refractivity contribution in [1.82, 2.24) is 10.3 Å². The van der Waals surface area contributed by atoms with Crippen LogP contribution in [-0.4, -0.2) is 23.3 Å². The minimum atomic E-state index is 0.557. The standard InChI is InChI=1S/C13H22N2S/c1-10(2)12-7-13(9-14-8-12)16-6-5-15-11(3)4/h7-11,15H,5-6H2,1-4H3. The lowest BCUT2D eigenvalue weighted by molar-refractivity contribution is 0.616. The third-order valence-corrected chi connectivity index (χ3v) is 3.29. The second kappa shape index (κ2) is 6.92. The maximum absolute atomic E-state index is 4.28. The van der Waals surface area contributed by atoms with Gasteiger partial charge < -0.3 is 5.32 Å². The van der Waals surface area contributed by atoms with Gasteiger partial charge in [-0.2, -0.15) is 0 Å². The minimum Gasteiger partial charge on any atom is -0.314 e. The molecule has 0 aromatic carbocycles. The first-order chi connectivity index (χ1) is 7.59. The monoisotopic (exact) mass is 238 g/mol. The average Bonchev–Trinajstić information content (AvgIpc) is 2.24. The number of aromatic nitrogens is 1. The first-order valence-corrected chi connectivity index (χ1v) is 6.89. The summed E-state index contributed by atoms with van der Waals surface area (Å²) in [6, 6.07) is 2.82. The van der Waals surface area contributed by atoms with E-state index in [1.807, 2.05) is 24.2 Å². The molecule has 0 atom stereocenters. The fourth-order valence-electron chi connectivity index (χ4n) is 1.35. The van der Waals surface area contributed by atoms with Gasteiger partial charge in [-0.1, -0.05) is 27.7 Å². The van der Waals surface area contributed by atoms with E-state index >= 15 is 0 Å². The average molecular weight is 238 g/mol. The number of thioether (sulfide) groups is 1. The molecule has 16 heavy (non-hydrogen) atoms. The summed E-state index contributed by atoms with van der Waals surface area (Å²) in [6.45, 7) is 9.79. The van der Waals surface area contributed by atoms with Crippen molar-refractivity contribution in [3.63, 3.8) is 0 Å². The van der Waals surface area contributed by atoms with Gasteiger partial charge in [0, 0.05) is 35.6 Å². The molecule has 90 valence electrons. The van der Waals surface area contributed by atoms with Crippen LogP contribution in [0.25, 0.3) is 0 Å². The summed E-state index contributed by atoms with van der Waals surface area (Å²) in [5, 5.41) is 3.41. The molecule has 2 nitrogen and oxygen atoms in total. The van der Waals surface area contributed by atoms with E-state index in [4.69, 9.17) is 0 Å². The van der Waals surface area contributed by atoms with Crippen LogP contribution in [0, 0.1) is 0 Å². The highest BCUT2D eigenvalue weighted by molar-refractivity contribution is 7.99. The van der Waals surface area contributed by atoms with E-state index < -0.39 is 0 Å². The molecule has 0 bridgehead atoms. The molecule has 0 spiro atoms. The van der Waals surface area contributed by atoms with Gasteiger partial charge in [0.1, 0.15) is 0 Å². The molecule has 1 rings (SSSR count). The molecule has 1 aromatic rings. The van der Waals surface area contributed by atoms with Gasteiger partial charge in [0.25, 0.3) is 0 Å². The Kier molecular flexibility index (Phi) is 5.85. The fraction of sp³-hybridized carbons (Fsp3) is 0.615. The molecule has 0 saturated carbocycles. The normalized spacial score (nSPS) is 11.4. The van der Waals surface area contributed by atoms with Crippen molar-refractivity contribution < 1.29 is 0 Å². The highest BCUT2D eigenvalue weighted by Crippen LogP contribution is 2.21. The molecular weight excluding hydrogens is 216 g/mol. The molecular formula is C13H22N2S. The molecule has 0 saturated heterocycles. The summed E-state index contributed by atoms with van der Waals surface area (Å²) < 4.78 is 0. The van der Waals surface area contributed by atoms with E-state index in [-0.39, 0.29) is 0 Å². The second-order valence-corrected chi connectivity index (χ2v) is 5.73. The highest BCUT2D eigenvalue weighted by atomic mass is 32.2. The zero-order valence-corrected chi connectivity index (χ0v) is 11.5. The Hall–Kier alpha value is -0.540. The van der Waals surface area contributed by atoms with E-state index in [0.717, 1.165) is 12.3 Å². The molecule has 1 aromatic heterocycles. The Morgan fingerprint density at radius 1 is 1.25 bits per heavy atom. The number of hydrogen-bond acceptors (Lipinski definition) is 3. The molecule has 0 unspecified atom stereocenters. The molecule has 1 heterocycles. The van der Waals surface area contributed by atoms with Gasteiger partial charge in [-0.3, -0.25) is 4.98 Å². The highest BCUT2D eigenvalue weighted by Gasteiger charge is 2.01. The summed E-state index contributed by atoms with van der Waals surface area (Å²) in [5.41, 5.74) is 1.32. The zero-order valence-electron chi connectivity index (χ0n) is 10.7. The zero-order chi connectivity index (χ0) is 12.0. The number of nitrogens with zero attached hydrogens (tertiary/aromatic N) is 1. The van der Waals surface area contributed by atoms with Crippen molar-refractivity contribution in [2.24, 2.45) is 0 Å². The lowest BCUT2D eigenvalue weighted by Crippen LogP contribution is -2.24. The van der Waals surface area contributed by atoms with Crippen LogP contribution >= 0.6 is 11.8 Å². The number of nitrogens with one attached hydrogen (secondary N) is 1. The van der Waals surface area contributed by atoms with Gasteiger partial charge in [-0.15, -0.1) is 11.8 Å². The van der Waals surface area contributed by atoms with Crippen LogP contribution in [0.3, 0.4) is 0 Å². The third kappa shape index (κ3) is 4.99. The van der Waals surface area contributed by atoms with Gasteiger partial charge in [0.05, 0.1) is 0 Å². The van der Waals surface area contributed by atoms with Crippen molar-refractivity contribution in [2.45, 2.75) is 44.6 Å². The number of hydrogen-bond donors (Lipinski definition) is 1. The lowest BCUT2D eigenvalue weighted by Gasteiger charge is -2.09. The Morgan fingerprint density at radius 3 is 2.62 bits per heavy atom. The van der Waals surface area contributed by atoms with E-state index in [1.54, 1.807) is 0 Å². The topological polar surface area (TPSA) is 24.9 Å². The van der Waals surface area contributed by atoms with Gasteiger partial charge in [0.15, 0.2) is 0 Å². The first-order valence-electron chi connectivity index (χ1n) is 5.90. The van der Waals surface area contributed by atoms with Crippen LogP contribution in [-0.2, 0) is 0 Å². The number of pyridine rings is 1. The van der Waals surface area contributed by atoms with Crippen LogP contribution in [0.1, 0.15) is 39.2 Å². The smallest absolute Gasteiger partial charge is 0.0404 e. The van der Waals surface area contributed by atoms with Gasteiger partial charge in [-0.25, -0.2) is 0 Å². The van der Waals surface area contributed by atoms with Crippen LogP contribution in [0.4, 0.5) is 0 Å². The van der Waals surface area contributed by atoms with E-state index in [1.165, 1.54) is 10.5 Å². The third-order valence-electron chi connectivity index (χ3n) is 2.32. The van der Waals surface area contributed by atoms with Crippen LogP contribution in [0.2, 0.25) is 0 Å². The summed E-state index contributed by atoms with van der Waals surface area (Å²) in [5.74, 6) is 1.66. The molecule has 0 aliphatic heterocycles. The molecule has 0 aliphatic rings. The molecule has 0 amide bonds. The predicted molar refractivity (Wildman–Crippen MR) is 72.2 cm³/mol. The fourth-order valence-corrected chi connectivity index (χ4v) is 2.16.